The zero-order valence-corrected chi connectivity index (χ0v) is 17.2. The minimum atomic E-state index is -2.02. The molecule has 154 valence electrons. The molecule has 2 N–H and O–H groups in total. The van der Waals surface area contributed by atoms with E-state index < -0.39 is 22.5 Å². The first kappa shape index (κ1) is 21.3. The van der Waals surface area contributed by atoms with Gasteiger partial charge in [0.2, 0.25) is 5.60 Å². The quantitative estimate of drug-likeness (QED) is 0.614. The summed E-state index contributed by atoms with van der Waals surface area (Å²) in [6.07, 6.45) is 6.16. The zero-order chi connectivity index (χ0) is 21.9. The molecule has 3 aromatic rings. The van der Waals surface area contributed by atoms with Gasteiger partial charge in [0, 0.05) is 17.5 Å². The first-order chi connectivity index (χ1) is 14.2. The minimum Gasteiger partial charge on any atom is -0.369 e. The second-order valence-electron chi connectivity index (χ2n) is 7.92. The number of benzene rings is 2. The number of aliphatic hydroxyl groups is 1. The topological polar surface area (TPSA) is 92.4 Å². The van der Waals surface area contributed by atoms with Crippen LogP contribution in [0.2, 0.25) is 0 Å². The Morgan fingerprint density at radius 1 is 1.20 bits per heavy atom. The van der Waals surface area contributed by atoms with Crippen LogP contribution in [0.25, 0.3) is 10.8 Å². The number of anilines is 1. The molecule has 0 aliphatic rings. The number of hydrogen-bond donors (Lipinski definition) is 2. The standard InChI is InChI=1S/C24H24N2O4/c1-5-20-19-14-17(12-13-18(19)21(27)30-26-20)25-22(28)24(29,6-2)15-23(3,4)16-10-8-7-9-11-16/h2,7-14,29H,5,15H2,1,3-4H3,(H,25,28). The van der Waals surface area contributed by atoms with Gasteiger partial charge in [-0.3, -0.25) is 4.79 Å². The van der Waals surface area contributed by atoms with Crippen LogP contribution < -0.4 is 10.9 Å². The molecule has 0 spiro atoms. The van der Waals surface area contributed by atoms with Crippen LogP contribution in [-0.2, 0) is 16.6 Å². The van der Waals surface area contributed by atoms with Gasteiger partial charge in [-0.25, -0.2) is 4.79 Å². The van der Waals surface area contributed by atoms with Gasteiger partial charge in [-0.1, -0.05) is 62.2 Å². The van der Waals surface area contributed by atoms with Crippen molar-refractivity contribution in [2.45, 2.75) is 44.6 Å². The highest BCUT2D eigenvalue weighted by molar-refractivity contribution is 6.01. The molecule has 2 aromatic carbocycles. The number of rotatable bonds is 6. The van der Waals surface area contributed by atoms with E-state index in [1.165, 1.54) is 0 Å². The Balaban J connectivity index is 1.89. The first-order valence-electron chi connectivity index (χ1n) is 9.70. The lowest BCUT2D eigenvalue weighted by atomic mass is 9.75. The molecule has 0 aliphatic heterocycles. The van der Waals surface area contributed by atoms with E-state index in [4.69, 9.17) is 10.9 Å². The Labute approximate surface area is 174 Å². The zero-order valence-electron chi connectivity index (χ0n) is 17.2. The minimum absolute atomic E-state index is 0.0330. The molecule has 0 fully saturated rings. The maximum absolute atomic E-state index is 12.9. The molecule has 0 saturated carbocycles. The van der Waals surface area contributed by atoms with Crippen molar-refractivity contribution in [3.63, 3.8) is 0 Å². The highest BCUT2D eigenvalue weighted by atomic mass is 16.5. The monoisotopic (exact) mass is 404 g/mol. The predicted octanol–water partition coefficient (Wildman–Crippen LogP) is 3.42. The summed E-state index contributed by atoms with van der Waals surface area (Å²) in [6.45, 7) is 5.73. The van der Waals surface area contributed by atoms with E-state index in [2.05, 4.69) is 16.4 Å². The highest BCUT2D eigenvalue weighted by Crippen LogP contribution is 2.33. The molecule has 0 bridgehead atoms. The summed E-state index contributed by atoms with van der Waals surface area (Å²) < 4.78 is 4.79. The first-order valence-corrected chi connectivity index (χ1v) is 9.70. The van der Waals surface area contributed by atoms with Crippen molar-refractivity contribution in [2.75, 3.05) is 5.32 Å². The Morgan fingerprint density at radius 3 is 2.53 bits per heavy atom. The van der Waals surface area contributed by atoms with Crippen molar-refractivity contribution >= 4 is 22.4 Å². The maximum atomic E-state index is 12.9. The third kappa shape index (κ3) is 4.12. The molecule has 30 heavy (non-hydrogen) atoms. The summed E-state index contributed by atoms with van der Waals surface area (Å²) >= 11 is 0. The molecule has 3 rings (SSSR count). The molecular formula is C24H24N2O4. The molecule has 0 saturated heterocycles. The molecular weight excluding hydrogens is 380 g/mol. The van der Waals surface area contributed by atoms with E-state index in [1.807, 2.05) is 51.1 Å². The van der Waals surface area contributed by atoms with E-state index in [0.717, 1.165) is 5.56 Å². The number of aryl methyl sites for hydroxylation is 1. The third-order valence-electron chi connectivity index (χ3n) is 5.25. The van der Waals surface area contributed by atoms with Crippen molar-refractivity contribution in [3.05, 3.63) is 70.2 Å². The van der Waals surface area contributed by atoms with Crippen LogP contribution >= 0.6 is 0 Å². The van der Waals surface area contributed by atoms with Crippen molar-refractivity contribution in [2.24, 2.45) is 0 Å². The van der Waals surface area contributed by atoms with Gasteiger partial charge in [-0.15, -0.1) is 6.42 Å². The Kier molecular flexibility index (Phi) is 5.77. The normalized spacial score (nSPS) is 13.4. The van der Waals surface area contributed by atoms with Gasteiger partial charge in [0.1, 0.15) is 0 Å². The molecule has 1 heterocycles. The second-order valence-corrected chi connectivity index (χ2v) is 7.92. The van der Waals surface area contributed by atoms with Gasteiger partial charge < -0.3 is 14.9 Å². The van der Waals surface area contributed by atoms with Crippen molar-refractivity contribution < 1.29 is 14.4 Å². The molecule has 0 aliphatic carbocycles. The van der Waals surface area contributed by atoms with Gasteiger partial charge in [-0.05, 0) is 35.6 Å². The van der Waals surface area contributed by atoms with Crippen LogP contribution in [0.3, 0.4) is 0 Å². The molecule has 6 heteroatoms. The number of amides is 1. The van der Waals surface area contributed by atoms with E-state index in [9.17, 15) is 14.7 Å². The Bertz CT molecular complexity index is 1180. The molecule has 1 amide bonds. The molecule has 1 unspecified atom stereocenters. The average Bonchev–Trinajstić information content (AvgIpc) is 2.74. The van der Waals surface area contributed by atoms with Crippen LogP contribution in [0, 0.1) is 12.3 Å². The summed E-state index contributed by atoms with van der Waals surface area (Å²) in [7, 11) is 0. The van der Waals surface area contributed by atoms with Gasteiger partial charge in [0.15, 0.2) is 0 Å². The smallest absolute Gasteiger partial charge is 0.366 e. The molecule has 0 radical (unpaired) electrons. The number of aromatic nitrogens is 1. The number of nitrogens with one attached hydrogen (secondary N) is 1. The second kappa shape index (κ2) is 8.13. The number of carbonyl (C=O) groups excluding carboxylic acids is 1. The number of fused-ring (bicyclic) bond motifs is 1. The molecule has 1 aromatic heterocycles. The lowest BCUT2D eigenvalue weighted by molar-refractivity contribution is -0.130. The summed E-state index contributed by atoms with van der Waals surface area (Å²) in [4.78, 5) is 24.8. The summed E-state index contributed by atoms with van der Waals surface area (Å²) in [5.41, 5.74) is -1.15. The lowest BCUT2D eigenvalue weighted by Gasteiger charge is -2.32. The summed E-state index contributed by atoms with van der Waals surface area (Å²) in [5, 5.41) is 18.4. The Hall–Kier alpha value is -3.43. The van der Waals surface area contributed by atoms with E-state index >= 15 is 0 Å². The number of hydrogen-bond acceptors (Lipinski definition) is 5. The maximum Gasteiger partial charge on any atom is 0.366 e. The van der Waals surface area contributed by atoms with E-state index in [1.54, 1.807) is 18.2 Å². The SMILES string of the molecule is C#CC(O)(CC(C)(C)c1ccccc1)C(=O)Nc1ccc2c(=O)onc(CC)c2c1. The Morgan fingerprint density at radius 2 is 1.90 bits per heavy atom. The van der Waals surface area contributed by atoms with Crippen molar-refractivity contribution in [1.82, 2.24) is 5.16 Å². The fourth-order valence-electron chi connectivity index (χ4n) is 3.55. The van der Waals surface area contributed by atoms with Crippen LogP contribution in [0.15, 0.2) is 57.8 Å². The van der Waals surface area contributed by atoms with Gasteiger partial charge in [0.25, 0.3) is 5.91 Å². The van der Waals surface area contributed by atoms with Crippen LogP contribution in [-0.4, -0.2) is 21.8 Å². The van der Waals surface area contributed by atoms with E-state index in [-0.39, 0.29) is 6.42 Å². The highest BCUT2D eigenvalue weighted by Gasteiger charge is 2.40. The summed E-state index contributed by atoms with van der Waals surface area (Å²) in [5.74, 6) is 1.55. The fraction of sp³-hybridized carbons (Fsp3) is 0.292. The number of carbonyl (C=O) groups is 1. The lowest BCUT2D eigenvalue weighted by Crippen LogP contribution is -2.46. The van der Waals surface area contributed by atoms with Gasteiger partial charge in [0.05, 0.1) is 11.1 Å². The fourth-order valence-corrected chi connectivity index (χ4v) is 3.55. The average molecular weight is 404 g/mol. The van der Waals surface area contributed by atoms with Gasteiger partial charge in [-0.2, -0.15) is 0 Å². The predicted molar refractivity (Wildman–Crippen MR) is 116 cm³/mol. The van der Waals surface area contributed by atoms with Crippen molar-refractivity contribution in [3.8, 4) is 12.3 Å². The van der Waals surface area contributed by atoms with E-state index in [0.29, 0.717) is 28.6 Å². The largest absolute Gasteiger partial charge is 0.369 e. The van der Waals surface area contributed by atoms with Crippen LogP contribution in [0.4, 0.5) is 5.69 Å². The number of nitrogens with zero attached hydrogens (tertiary/aromatic N) is 1. The van der Waals surface area contributed by atoms with Crippen LogP contribution in [0.5, 0.6) is 0 Å². The van der Waals surface area contributed by atoms with Gasteiger partial charge >= 0.3 is 5.63 Å². The molecule has 1 atom stereocenters. The molecule has 6 nitrogen and oxygen atoms in total. The summed E-state index contributed by atoms with van der Waals surface area (Å²) in [6, 6.07) is 14.3. The van der Waals surface area contributed by atoms with Crippen LogP contribution in [0.1, 0.15) is 38.4 Å². The number of terminal acetylenes is 1. The van der Waals surface area contributed by atoms with Crippen molar-refractivity contribution in [1.29, 1.82) is 0 Å². The third-order valence-corrected chi connectivity index (χ3v) is 5.25.